The molecule has 1 N–H and O–H groups in total. The van der Waals surface area contributed by atoms with Gasteiger partial charge in [0.1, 0.15) is 0 Å². The van der Waals surface area contributed by atoms with Crippen molar-refractivity contribution in [1.29, 1.82) is 0 Å². The van der Waals surface area contributed by atoms with Crippen LogP contribution in [0.2, 0.25) is 0 Å². The van der Waals surface area contributed by atoms with Crippen molar-refractivity contribution in [2.75, 3.05) is 13.6 Å². The lowest BCUT2D eigenvalue weighted by molar-refractivity contribution is 0.873. The van der Waals surface area contributed by atoms with E-state index >= 15 is 0 Å². The molecular weight excluding hydrogens is 98.1 g/mol. The average molecular weight is 113 g/mol. The fourth-order valence-corrected chi connectivity index (χ4v) is 0.699. The standard InChI is InChI=1S/C7H15N/c1-4-5-7(2)6-8-3/h5,8H,4,6H2,1-3H3/b7-5+. The molecule has 0 saturated heterocycles. The molecular formula is C7H15N. The van der Waals surface area contributed by atoms with E-state index in [2.05, 4.69) is 25.2 Å². The molecule has 1 nitrogen and oxygen atoms in total. The molecule has 0 spiro atoms. The molecule has 0 aliphatic carbocycles. The normalized spacial score (nSPS) is 12.1. The number of nitrogens with one attached hydrogen (secondary N) is 1. The van der Waals surface area contributed by atoms with Crippen molar-refractivity contribution in [2.24, 2.45) is 0 Å². The topological polar surface area (TPSA) is 12.0 Å². The smallest absolute Gasteiger partial charge is 0.0158 e. The minimum absolute atomic E-state index is 1.02. The molecule has 0 fully saturated rings. The quantitative estimate of drug-likeness (QED) is 0.548. The van der Waals surface area contributed by atoms with Gasteiger partial charge in [-0.2, -0.15) is 0 Å². The summed E-state index contributed by atoms with van der Waals surface area (Å²) >= 11 is 0. The van der Waals surface area contributed by atoms with E-state index in [-0.39, 0.29) is 0 Å². The summed E-state index contributed by atoms with van der Waals surface area (Å²) in [4.78, 5) is 0. The minimum Gasteiger partial charge on any atom is -0.316 e. The van der Waals surface area contributed by atoms with Crippen LogP contribution in [0.15, 0.2) is 11.6 Å². The summed E-state index contributed by atoms with van der Waals surface area (Å²) < 4.78 is 0. The predicted octanol–water partition coefficient (Wildman–Crippen LogP) is 1.56. The zero-order valence-corrected chi connectivity index (χ0v) is 5.99. The van der Waals surface area contributed by atoms with Crippen molar-refractivity contribution in [3.05, 3.63) is 11.6 Å². The monoisotopic (exact) mass is 113 g/mol. The molecule has 0 radical (unpaired) electrons. The Kier molecular flexibility index (Phi) is 4.67. The van der Waals surface area contributed by atoms with Crippen LogP contribution < -0.4 is 5.32 Å². The Morgan fingerprint density at radius 3 is 2.62 bits per heavy atom. The number of allylic oxidation sites excluding steroid dienone is 1. The second kappa shape index (κ2) is 4.85. The molecule has 0 bridgehead atoms. The van der Waals surface area contributed by atoms with E-state index in [1.165, 1.54) is 5.57 Å². The Labute approximate surface area is 51.8 Å². The van der Waals surface area contributed by atoms with Crippen LogP contribution in [-0.2, 0) is 0 Å². The van der Waals surface area contributed by atoms with Crippen molar-refractivity contribution in [2.45, 2.75) is 20.3 Å². The molecule has 0 aromatic heterocycles. The molecule has 0 aromatic carbocycles. The van der Waals surface area contributed by atoms with Crippen LogP contribution in [0.25, 0.3) is 0 Å². The number of hydrogen-bond donors (Lipinski definition) is 1. The molecule has 0 heterocycles. The Morgan fingerprint density at radius 2 is 2.25 bits per heavy atom. The van der Waals surface area contributed by atoms with E-state index in [1.54, 1.807) is 0 Å². The van der Waals surface area contributed by atoms with Crippen LogP contribution in [0.3, 0.4) is 0 Å². The van der Waals surface area contributed by atoms with Gasteiger partial charge in [-0.25, -0.2) is 0 Å². The molecule has 8 heavy (non-hydrogen) atoms. The first-order chi connectivity index (χ1) is 3.81. The molecule has 48 valence electrons. The van der Waals surface area contributed by atoms with Gasteiger partial charge in [-0.1, -0.05) is 18.6 Å². The Morgan fingerprint density at radius 1 is 1.62 bits per heavy atom. The first kappa shape index (κ1) is 7.70. The Hall–Kier alpha value is -0.300. The van der Waals surface area contributed by atoms with Crippen molar-refractivity contribution >= 4 is 0 Å². The molecule has 0 aliphatic heterocycles. The lowest BCUT2D eigenvalue weighted by atomic mass is 10.2. The van der Waals surface area contributed by atoms with E-state index in [0.717, 1.165) is 13.0 Å². The third-order valence-corrected chi connectivity index (χ3v) is 1.01. The summed E-state index contributed by atoms with van der Waals surface area (Å²) in [6, 6.07) is 0. The summed E-state index contributed by atoms with van der Waals surface area (Å²) in [7, 11) is 1.97. The average Bonchev–Trinajstić information content (AvgIpc) is 1.68. The van der Waals surface area contributed by atoms with Gasteiger partial charge < -0.3 is 5.32 Å². The van der Waals surface area contributed by atoms with Gasteiger partial charge in [0.05, 0.1) is 0 Å². The lowest BCUT2D eigenvalue weighted by Gasteiger charge is -1.95. The number of hydrogen-bond acceptors (Lipinski definition) is 1. The van der Waals surface area contributed by atoms with Crippen molar-refractivity contribution < 1.29 is 0 Å². The van der Waals surface area contributed by atoms with Crippen LogP contribution in [0, 0.1) is 0 Å². The second-order valence-corrected chi connectivity index (χ2v) is 1.99. The van der Waals surface area contributed by atoms with E-state index in [9.17, 15) is 0 Å². The van der Waals surface area contributed by atoms with Crippen molar-refractivity contribution in [3.63, 3.8) is 0 Å². The predicted molar refractivity (Wildman–Crippen MR) is 38.0 cm³/mol. The third kappa shape index (κ3) is 3.88. The fraction of sp³-hybridized carbons (Fsp3) is 0.714. The molecule has 0 rings (SSSR count). The highest BCUT2D eigenvalue weighted by Crippen LogP contribution is 1.90. The van der Waals surface area contributed by atoms with Crippen LogP contribution in [-0.4, -0.2) is 13.6 Å². The SMILES string of the molecule is CC/C=C(\C)CNC. The number of likely N-dealkylation sites (N-methyl/N-ethyl adjacent to an activating group) is 1. The summed E-state index contributed by atoms with van der Waals surface area (Å²) in [6.45, 7) is 5.31. The van der Waals surface area contributed by atoms with E-state index < -0.39 is 0 Å². The number of rotatable bonds is 3. The van der Waals surface area contributed by atoms with Gasteiger partial charge in [-0.05, 0) is 20.4 Å². The third-order valence-electron chi connectivity index (χ3n) is 1.01. The van der Waals surface area contributed by atoms with E-state index in [4.69, 9.17) is 0 Å². The first-order valence-electron chi connectivity index (χ1n) is 3.11. The maximum absolute atomic E-state index is 3.08. The van der Waals surface area contributed by atoms with Gasteiger partial charge >= 0.3 is 0 Å². The zero-order valence-electron chi connectivity index (χ0n) is 5.99. The van der Waals surface area contributed by atoms with Gasteiger partial charge in [0.2, 0.25) is 0 Å². The maximum Gasteiger partial charge on any atom is 0.0158 e. The summed E-state index contributed by atoms with van der Waals surface area (Å²) in [5, 5.41) is 3.08. The molecule has 0 aliphatic rings. The summed E-state index contributed by atoms with van der Waals surface area (Å²) in [5.74, 6) is 0. The summed E-state index contributed by atoms with van der Waals surface area (Å²) in [5.41, 5.74) is 1.43. The van der Waals surface area contributed by atoms with Crippen LogP contribution in [0.1, 0.15) is 20.3 Å². The van der Waals surface area contributed by atoms with Gasteiger partial charge in [-0.15, -0.1) is 0 Å². The van der Waals surface area contributed by atoms with Crippen molar-refractivity contribution in [1.82, 2.24) is 5.32 Å². The van der Waals surface area contributed by atoms with Gasteiger partial charge in [0.25, 0.3) is 0 Å². The van der Waals surface area contributed by atoms with E-state index in [1.807, 2.05) is 7.05 Å². The molecule has 0 saturated carbocycles. The highest BCUT2D eigenvalue weighted by molar-refractivity contribution is 4.98. The van der Waals surface area contributed by atoms with Crippen LogP contribution in [0.5, 0.6) is 0 Å². The van der Waals surface area contributed by atoms with Gasteiger partial charge in [-0.3, -0.25) is 0 Å². The van der Waals surface area contributed by atoms with Crippen molar-refractivity contribution in [3.8, 4) is 0 Å². The maximum atomic E-state index is 3.08. The molecule has 0 aromatic rings. The largest absolute Gasteiger partial charge is 0.316 e. The summed E-state index contributed by atoms with van der Waals surface area (Å²) in [6.07, 6.45) is 3.38. The zero-order chi connectivity index (χ0) is 6.41. The first-order valence-corrected chi connectivity index (χ1v) is 3.11. The van der Waals surface area contributed by atoms with Gasteiger partial charge in [0.15, 0.2) is 0 Å². The fourth-order valence-electron chi connectivity index (χ4n) is 0.699. The molecule has 0 unspecified atom stereocenters. The van der Waals surface area contributed by atoms with Crippen LogP contribution in [0.4, 0.5) is 0 Å². The Bertz CT molecular complexity index is 74.5. The minimum atomic E-state index is 1.02. The van der Waals surface area contributed by atoms with Crippen LogP contribution >= 0.6 is 0 Å². The molecule has 1 heteroatoms. The highest BCUT2D eigenvalue weighted by atomic mass is 14.8. The lowest BCUT2D eigenvalue weighted by Crippen LogP contribution is -2.08. The Balaban J connectivity index is 3.29. The second-order valence-electron chi connectivity index (χ2n) is 1.99. The molecule has 0 amide bonds. The van der Waals surface area contributed by atoms with Gasteiger partial charge in [0, 0.05) is 6.54 Å². The van der Waals surface area contributed by atoms with E-state index in [0.29, 0.717) is 0 Å². The molecule has 0 atom stereocenters. The highest BCUT2D eigenvalue weighted by Gasteiger charge is 1.80.